The molecule has 1 rings (SSSR count). The van der Waals surface area contributed by atoms with Crippen LogP contribution in [-0.2, 0) is 4.79 Å². The van der Waals surface area contributed by atoms with Crippen LogP contribution < -0.4 is 10.6 Å². The number of rotatable bonds is 7. The molecule has 5 heteroatoms. The molecule has 1 aliphatic carbocycles. The minimum atomic E-state index is -0.839. The predicted octanol–water partition coefficient (Wildman–Crippen LogP) is 2.61. The van der Waals surface area contributed by atoms with Gasteiger partial charge in [0.15, 0.2) is 0 Å². The van der Waals surface area contributed by atoms with E-state index in [9.17, 15) is 9.59 Å². The molecule has 0 aromatic rings. The van der Waals surface area contributed by atoms with Gasteiger partial charge in [0.2, 0.25) is 0 Å². The lowest BCUT2D eigenvalue weighted by Crippen LogP contribution is -2.42. The van der Waals surface area contributed by atoms with Crippen LogP contribution in [0, 0.1) is 17.8 Å². The van der Waals surface area contributed by atoms with Gasteiger partial charge >= 0.3 is 12.0 Å². The fourth-order valence-corrected chi connectivity index (χ4v) is 2.71. The Hall–Kier alpha value is -1.26. The Kier molecular flexibility index (Phi) is 7.41. The van der Waals surface area contributed by atoms with Gasteiger partial charge in [-0.1, -0.05) is 33.1 Å². The van der Waals surface area contributed by atoms with Gasteiger partial charge in [0.1, 0.15) is 0 Å². The summed E-state index contributed by atoms with van der Waals surface area (Å²) in [7, 11) is 0. The highest BCUT2D eigenvalue weighted by atomic mass is 16.4. The molecule has 3 N–H and O–H groups in total. The fraction of sp³-hybridized carbons (Fsp3) is 0.867. The molecule has 0 bridgehead atoms. The lowest BCUT2D eigenvalue weighted by Gasteiger charge is -2.26. The summed E-state index contributed by atoms with van der Waals surface area (Å²) in [5, 5.41) is 14.5. The number of aliphatic carboxylic acids is 1. The van der Waals surface area contributed by atoms with Crippen molar-refractivity contribution in [3.8, 4) is 0 Å². The van der Waals surface area contributed by atoms with E-state index in [1.54, 1.807) is 0 Å². The van der Waals surface area contributed by atoms with Crippen LogP contribution >= 0.6 is 0 Å². The standard InChI is InChI=1S/C15H28N2O3/c1-3-4-13(14(18)19)10-17-15(20)16-9-12-7-5-11(2)6-8-12/h11-13H,3-10H2,1-2H3,(H,18,19)(H2,16,17,20). The maximum atomic E-state index is 11.7. The van der Waals surface area contributed by atoms with Crippen molar-refractivity contribution in [1.29, 1.82) is 0 Å². The summed E-state index contributed by atoms with van der Waals surface area (Å²) >= 11 is 0. The number of nitrogens with one attached hydrogen (secondary N) is 2. The highest BCUT2D eigenvalue weighted by Crippen LogP contribution is 2.27. The normalized spacial score (nSPS) is 23.9. The van der Waals surface area contributed by atoms with Crippen LogP contribution in [0.3, 0.4) is 0 Å². The molecular weight excluding hydrogens is 256 g/mol. The van der Waals surface area contributed by atoms with Crippen molar-refractivity contribution in [2.75, 3.05) is 13.1 Å². The van der Waals surface area contributed by atoms with Gasteiger partial charge in [-0.2, -0.15) is 0 Å². The summed E-state index contributed by atoms with van der Waals surface area (Å²) in [6.45, 7) is 5.12. The molecule has 0 spiro atoms. The quantitative estimate of drug-likeness (QED) is 0.672. The van der Waals surface area contributed by atoms with Crippen LogP contribution in [0.15, 0.2) is 0 Å². The highest BCUT2D eigenvalue weighted by Gasteiger charge is 2.20. The molecule has 0 saturated heterocycles. The summed E-state index contributed by atoms with van der Waals surface area (Å²) in [4.78, 5) is 22.6. The van der Waals surface area contributed by atoms with Crippen molar-refractivity contribution in [1.82, 2.24) is 10.6 Å². The maximum absolute atomic E-state index is 11.7. The topological polar surface area (TPSA) is 78.4 Å². The molecule has 1 atom stereocenters. The Morgan fingerprint density at radius 2 is 1.85 bits per heavy atom. The van der Waals surface area contributed by atoms with Crippen molar-refractivity contribution in [2.45, 2.75) is 52.4 Å². The maximum Gasteiger partial charge on any atom is 0.314 e. The van der Waals surface area contributed by atoms with Crippen LogP contribution in [0.4, 0.5) is 4.79 Å². The first-order chi connectivity index (χ1) is 9.52. The summed E-state index contributed by atoms with van der Waals surface area (Å²) < 4.78 is 0. The molecule has 20 heavy (non-hydrogen) atoms. The molecule has 0 heterocycles. The summed E-state index contributed by atoms with van der Waals surface area (Å²) in [5.74, 6) is 0.0583. The Bertz CT molecular complexity index is 312. The molecule has 1 saturated carbocycles. The van der Waals surface area contributed by atoms with E-state index in [1.807, 2.05) is 6.92 Å². The lowest BCUT2D eigenvalue weighted by atomic mass is 9.83. The van der Waals surface area contributed by atoms with E-state index < -0.39 is 11.9 Å². The van der Waals surface area contributed by atoms with Gasteiger partial charge in [-0.3, -0.25) is 4.79 Å². The molecule has 1 aliphatic rings. The molecule has 0 aromatic heterocycles. The van der Waals surface area contributed by atoms with Crippen molar-refractivity contribution in [3.05, 3.63) is 0 Å². The van der Waals surface area contributed by atoms with E-state index in [1.165, 1.54) is 25.7 Å². The second-order valence-electron chi connectivity index (χ2n) is 6.04. The molecular formula is C15H28N2O3. The van der Waals surface area contributed by atoms with Gasteiger partial charge < -0.3 is 15.7 Å². The average Bonchev–Trinajstić information content (AvgIpc) is 2.42. The number of carboxylic acid groups (broad SMARTS) is 1. The first-order valence-corrected chi connectivity index (χ1v) is 7.77. The average molecular weight is 284 g/mol. The molecule has 1 fully saturated rings. The van der Waals surface area contributed by atoms with E-state index in [0.717, 1.165) is 12.3 Å². The van der Waals surface area contributed by atoms with Crippen LogP contribution in [0.2, 0.25) is 0 Å². The van der Waals surface area contributed by atoms with Crippen LogP contribution in [-0.4, -0.2) is 30.2 Å². The lowest BCUT2D eigenvalue weighted by molar-refractivity contribution is -0.141. The number of carbonyl (C=O) groups excluding carboxylic acids is 1. The predicted molar refractivity (Wildman–Crippen MR) is 78.6 cm³/mol. The Morgan fingerprint density at radius 3 is 2.40 bits per heavy atom. The number of carboxylic acids is 1. The number of carbonyl (C=O) groups is 2. The van der Waals surface area contributed by atoms with E-state index in [0.29, 0.717) is 18.9 Å². The Labute approximate surface area is 121 Å². The smallest absolute Gasteiger partial charge is 0.314 e. The molecule has 1 unspecified atom stereocenters. The first kappa shape index (κ1) is 16.8. The van der Waals surface area contributed by atoms with Gasteiger partial charge in [-0.15, -0.1) is 0 Å². The molecule has 2 amide bonds. The fourth-order valence-electron chi connectivity index (χ4n) is 2.71. The minimum absolute atomic E-state index is 0.205. The zero-order valence-electron chi connectivity index (χ0n) is 12.7. The number of amides is 2. The second kappa shape index (κ2) is 8.82. The van der Waals surface area contributed by atoms with Crippen LogP contribution in [0.5, 0.6) is 0 Å². The summed E-state index contributed by atoms with van der Waals surface area (Å²) in [6, 6.07) is -0.244. The monoisotopic (exact) mass is 284 g/mol. The van der Waals surface area contributed by atoms with Gasteiger partial charge in [0.25, 0.3) is 0 Å². The molecule has 0 aliphatic heterocycles. The van der Waals surface area contributed by atoms with Gasteiger partial charge in [0.05, 0.1) is 5.92 Å². The zero-order valence-corrected chi connectivity index (χ0v) is 12.7. The molecule has 116 valence electrons. The van der Waals surface area contributed by atoms with Crippen molar-refractivity contribution in [2.24, 2.45) is 17.8 Å². The molecule has 0 aromatic carbocycles. The first-order valence-electron chi connectivity index (χ1n) is 7.77. The van der Waals surface area contributed by atoms with Gasteiger partial charge in [-0.25, -0.2) is 4.79 Å². The third kappa shape index (κ3) is 6.26. The van der Waals surface area contributed by atoms with Gasteiger partial charge in [-0.05, 0) is 31.1 Å². The summed E-state index contributed by atoms with van der Waals surface area (Å²) in [6.07, 6.45) is 6.23. The molecule has 5 nitrogen and oxygen atoms in total. The highest BCUT2D eigenvalue weighted by molar-refractivity contribution is 5.75. The van der Waals surface area contributed by atoms with E-state index in [4.69, 9.17) is 5.11 Å². The van der Waals surface area contributed by atoms with Crippen LogP contribution in [0.1, 0.15) is 52.4 Å². The van der Waals surface area contributed by atoms with Crippen molar-refractivity contribution < 1.29 is 14.7 Å². The Balaban J connectivity index is 2.18. The van der Waals surface area contributed by atoms with E-state index >= 15 is 0 Å². The SMILES string of the molecule is CCCC(CNC(=O)NCC1CCC(C)CC1)C(=O)O. The minimum Gasteiger partial charge on any atom is -0.481 e. The third-order valence-electron chi connectivity index (χ3n) is 4.18. The Morgan fingerprint density at radius 1 is 1.20 bits per heavy atom. The van der Waals surface area contributed by atoms with Gasteiger partial charge in [0, 0.05) is 13.1 Å². The van der Waals surface area contributed by atoms with E-state index in [2.05, 4.69) is 17.6 Å². The van der Waals surface area contributed by atoms with Crippen LogP contribution in [0.25, 0.3) is 0 Å². The molecule has 0 radical (unpaired) electrons. The zero-order chi connectivity index (χ0) is 15.0. The van der Waals surface area contributed by atoms with E-state index in [-0.39, 0.29) is 12.6 Å². The number of hydrogen-bond acceptors (Lipinski definition) is 2. The second-order valence-corrected chi connectivity index (χ2v) is 6.04. The third-order valence-corrected chi connectivity index (χ3v) is 4.18. The summed E-state index contributed by atoms with van der Waals surface area (Å²) in [5.41, 5.74) is 0. The number of urea groups is 1. The van der Waals surface area contributed by atoms with Crippen molar-refractivity contribution >= 4 is 12.0 Å². The number of hydrogen-bond donors (Lipinski definition) is 3. The largest absolute Gasteiger partial charge is 0.481 e. The van der Waals surface area contributed by atoms with Crippen molar-refractivity contribution in [3.63, 3.8) is 0 Å².